The summed E-state index contributed by atoms with van der Waals surface area (Å²) in [7, 11) is 3.40. The molecular formula is C17H28N2O2. The van der Waals surface area contributed by atoms with Crippen LogP contribution in [-0.2, 0) is 6.54 Å². The maximum Gasteiger partial charge on any atom is 0.127 e. The van der Waals surface area contributed by atoms with Crippen LogP contribution in [0.4, 0.5) is 0 Å². The van der Waals surface area contributed by atoms with Gasteiger partial charge in [0.2, 0.25) is 0 Å². The smallest absolute Gasteiger partial charge is 0.127 e. The number of rotatable bonds is 6. The van der Waals surface area contributed by atoms with Crippen LogP contribution in [0.2, 0.25) is 0 Å². The molecule has 21 heavy (non-hydrogen) atoms. The van der Waals surface area contributed by atoms with Gasteiger partial charge in [-0.25, -0.2) is 0 Å². The van der Waals surface area contributed by atoms with Gasteiger partial charge in [-0.1, -0.05) is 13.0 Å². The Morgan fingerprint density at radius 3 is 2.38 bits per heavy atom. The molecule has 0 spiro atoms. The summed E-state index contributed by atoms with van der Waals surface area (Å²) < 4.78 is 10.7. The predicted molar refractivity (Wildman–Crippen MR) is 86.1 cm³/mol. The Labute approximate surface area is 128 Å². The average molecular weight is 292 g/mol. The lowest BCUT2D eigenvalue weighted by Crippen LogP contribution is -2.49. The van der Waals surface area contributed by atoms with E-state index >= 15 is 0 Å². The van der Waals surface area contributed by atoms with Crippen molar-refractivity contribution in [2.24, 2.45) is 0 Å². The highest BCUT2D eigenvalue weighted by Gasteiger charge is 2.20. The van der Waals surface area contributed by atoms with E-state index in [0.717, 1.165) is 44.2 Å². The standard InChI is InChI=1S/C17H28N2O2/c1-5-14(2)19-10-8-18(9-11-19)13-15-6-7-16(20-3)12-17(15)21-4/h6-7,12,14H,5,8-11,13H2,1-4H3. The molecule has 1 fully saturated rings. The zero-order valence-corrected chi connectivity index (χ0v) is 13.8. The summed E-state index contributed by atoms with van der Waals surface area (Å²) in [5, 5.41) is 0. The fourth-order valence-corrected chi connectivity index (χ4v) is 2.84. The Balaban J connectivity index is 1.94. The summed E-state index contributed by atoms with van der Waals surface area (Å²) in [6, 6.07) is 6.78. The van der Waals surface area contributed by atoms with E-state index in [1.54, 1.807) is 14.2 Å². The van der Waals surface area contributed by atoms with E-state index in [2.05, 4.69) is 29.7 Å². The molecule has 4 heteroatoms. The van der Waals surface area contributed by atoms with Crippen LogP contribution >= 0.6 is 0 Å². The van der Waals surface area contributed by atoms with Crippen LogP contribution < -0.4 is 9.47 Å². The lowest BCUT2D eigenvalue weighted by molar-refractivity contribution is 0.0958. The Morgan fingerprint density at radius 2 is 1.81 bits per heavy atom. The van der Waals surface area contributed by atoms with E-state index in [1.165, 1.54) is 12.0 Å². The fraction of sp³-hybridized carbons (Fsp3) is 0.647. The molecule has 0 bridgehead atoms. The number of methoxy groups -OCH3 is 2. The highest BCUT2D eigenvalue weighted by Crippen LogP contribution is 2.26. The van der Waals surface area contributed by atoms with Crippen LogP contribution in [0.5, 0.6) is 11.5 Å². The Bertz CT molecular complexity index is 442. The highest BCUT2D eigenvalue weighted by molar-refractivity contribution is 5.40. The van der Waals surface area contributed by atoms with Crippen LogP contribution in [0.3, 0.4) is 0 Å². The van der Waals surface area contributed by atoms with Crippen LogP contribution in [0.1, 0.15) is 25.8 Å². The molecule has 0 amide bonds. The molecule has 0 radical (unpaired) electrons. The van der Waals surface area contributed by atoms with Crippen LogP contribution in [0, 0.1) is 0 Å². The van der Waals surface area contributed by atoms with E-state index < -0.39 is 0 Å². The lowest BCUT2D eigenvalue weighted by Gasteiger charge is -2.38. The number of hydrogen-bond donors (Lipinski definition) is 0. The van der Waals surface area contributed by atoms with Gasteiger partial charge in [0.25, 0.3) is 0 Å². The quantitative estimate of drug-likeness (QED) is 0.805. The second kappa shape index (κ2) is 7.66. The molecule has 1 aliphatic heterocycles. The molecule has 0 saturated carbocycles. The number of nitrogens with zero attached hydrogens (tertiary/aromatic N) is 2. The van der Waals surface area contributed by atoms with Gasteiger partial charge >= 0.3 is 0 Å². The molecule has 1 aromatic rings. The molecule has 0 aliphatic carbocycles. The summed E-state index contributed by atoms with van der Waals surface area (Å²) in [5.74, 6) is 1.76. The maximum absolute atomic E-state index is 5.49. The third-order valence-corrected chi connectivity index (χ3v) is 4.51. The molecule has 1 aliphatic rings. The lowest BCUT2D eigenvalue weighted by atomic mass is 10.1. The summed E-state index contributed by atoms with van der Waals surface area (Å²) in [6.45, 7) is 10.1. The van der Waals surface area contributed by atoms with Crippen molar-refractivity contribution >= 4 is 0 Å². The maximum atomic E-state index is 5.49. The summed E-state index contributed by atoms with van der Waals surface area (Å²) in [6.07, 6.45) is 1.23. The normalized spacial score (nSPS) is 18.5. The van der Waals surface area contributed by atoms with Gasteiger partial charge in [-0.05, 0) is 19.4 Å². The van der Waals surface area contributed by atoms with Crippen molar-refractivity contribution in [3.8, 4) is 11.5 Å². The molecule has 1 heterocycles. The molecule has 1 atom stereocenters. The van der Waals surface area contributed by atoms with Gasteiger partial charge in [0, 0.05) is 50.4 Å². The summed E-state index contributed by atoms with van der Waals surface area (Å²) in [5.41, 5.74) is 1.23. The number of hydrogen-bond acceptors (Lipinski definition) is 4. The van der Waals surface area contributed by atoms with Gasteiger partial charge in [0.1, 0.15) is 11.5 Å². The van der Waals surface area contributed by atoms with Gasteiger partial charge in [0.05, 0.1) is 14.2 Å². The van der Waals surface area contributed by atoms with Gasteiger partial charge in [-0.2, -0.15) is 0 Å². The molecule has 1 unspecified atom stereocenters. The highest BCUT2D eigenvalue weighted by atomic mass is 16.5. The van der Waals surface area contributed by atoms with Gasteiger partial charge < -0.3 is 9.47 Å². The van der Waals surface area contributed by atoms with Crippen molar-refractivity contribution in [1.29, 1.82) is 0 Å². The first-order valence-electron chi connectivity index (χ1n) is 7.85. The number of piperazine rings is 1. The second-order valence-electron chi connectivity index (χ2n) is 5.75. The summed E-state index contributed by atoms with van der Waals surface area (Å²) in [4.78, 5) is 5.09. The zero-order chi connectivity index (χ0) is 15.2. The molecule has 118 valence electrons. The van der Waals surface area contributed by atoms with Gasteiger partial charge in [0.15, 0.2) is 0 Å². The molecule has 0 aromatic heterocycles. The van der Waals surface area contributed by atoms with Crippen molar-refractivity contribution in [1.82, 2.24) is 9.80 Å². The van der Waals surface area contributed by atoms with Crippen LogP contribution in [0.25, 0.3) is 0 Å². The Morgan fingerprint density at radius 1 is 1.10 bits per heavy atom. The van der Waals surface area contributed by atoms with Crippen molar-refractivity contribution < 1.29 is 9.47 Å². The first-order valence-corrected chi connectivity index (χ1v) is 7.85. The zero-order valence-electron chi connectivity index (χ0n) is 13.8. The van der Waals surface area contributed by atoms with E-state index in [1.807, 2.05) is 12.1 Å². The predicted octanol–water partition coefficient (Wildman–Crippen LogP) is 2.62. The number of ether oxygens (including phenoxy) is 2. The monoisotopic (exact) mass is 292 g/mol. The minimum Gasteiger partial charge on any atom is -0.497 e. The molecule has 4 nitrogen and oxygen atoms in total. The van der Waals surface area contributed by atoms with Crippen molar-refractivity contribution in [2.45, 2.75) is 32.9 Å². The second-order valence-corrected chi connectivity index (χ2v) is 5.75. The van der Waals surface area contributed by atoms with Crippen LogP contribution in [0.15, 0.2) is 18.2 Å². The third kappa shape index (κ3) is 4.11. The molecular weight excluding hydrogens is 264 g/mol. The van der Waals surface area contributed by atoms with Crippen molar-refractivity contribution in [3.63, 3.8) is 0 Å². The van der Waals surface area contributed by atoms with Crippen LogP contribution in [-0.4, -0.2) is 56.2 Å². The topological polar surface area (TPSA) is 24.9 Å². The van der Waals surface area contributed by atoms with E-state index in [0.29, 0.717) is 6.04 Å². The minimum atomic E-state index is 0.697. The third-order valence-electron chi connectivity index (χ3n) is 4.51. The van der Waals surface area contributed by atoms with Crippen molar-refractivity contribution in [3.05, 3.63) is 23.8 Å². The SMILES string of the molecule is CCC(C)N1CCN(Cc2ccc(OC)cc2OC)CC1. The Kier molecular flexibility index (Phi) is 5.88. The van der Waals surface area contributed by atoms with E-state index in [9.17, 15) is 0 Å². The minimum absolute atomic E-state index is 0.697. The molecule has 2 rings (SSSR count). The largest absolute Gasteiger partial charge is 0.497 e. The molecule has 0 N–H and O–H groups in total. The van der Waals surface area contributed by atoms with E-state index in [-0.39, 0.29) is 0 Å². The summed E-state index contributed by atoms with van der Waals surface area (Å²) >= 11 is 0. The first-order chi connectivity index (χ1) is 10.2. The Hall–Kier alpha value is -1.26. The van der Waals surface area contributed by atoms with Gasteiger partial charge in [-0.3, -0.25) is 9.80 Å². The molecule has 1 saturated heterocycles. The van der Waals surface area contributed by atoms with Crippen molar-refractivity contribution in [2.75, 3.05) is 40.4 Å². The van der Waals surface area contributed by atoms with Gasteiger partial charge in [-0.15, -0.1) is 0 Å². The first kappa shape index (κ1) is 16.1. The van der Waals surface area contributed by atoms with E-state index in [4.69, 9.17) is 9.47 Å². The fourth-order valence-electron chi connectivity index (χ4n) is 2.84. The molecule has 1 aromatic carbocycles. The number of benzene rings is 1. The average Bonchev–Trinajstić information content (AvgIpc) is 2.55.